The summed E-state index contributed by atoms with van der Waals surface area (Å²) < 4.78 is 0. The summed E-state index contributed by atoms with van der Waals surface area (Å²) in [6, 6.07) is 2.81. The van der Waals surface area contributed by atoms with Crippen LogP contribution in [0.25, 0.3) is 0 Å². The molecule has 4 heteroatoms. The number of aryl methyl sites for hydroxylation is 1. The van der Waals surface area contributed by atoms with E-state index in [0.29, 0.717) is 6.04 Å². The summed E-state index contributed by atoms with van der Waals surface area (Å²) in [5, 5.41) is 3.37. The van der Waals surface area contributed by atoms with Gasteiger partial charge in [0.15, 0.2) is 0 Å². The van der Waals surface area contributed by atoms with E-state index in [1.807, 2.05) is 7.05 Å². The maximum Gasteiger partial charge on any atom is 0.132 e. The van der Waals surface area contributed by atoms with Crippen LogP contribution in [0.3, 0.4) is 0 Å². The molecule has 1 saturated heterocycles. The monoisotopic (exact) mass is 316 g/mol. The smallest absolute Gasteiger partial charge is 0.132 e. The standard InChI is InChI=1S/C19H32N4/c1-20-18-11-12-23(14-18)19-13-17(21-15-22-19)10-6-5-9-16-7-3-2-4-8-16/h13,15-16,18,20H,2-12,14H2,1H3/t18-/m1/s1. The maximum absolute atomic E-state index is 4.48. The van der Waals surface area contributed by atoms with E-state index in [9.17, 15) is 0 Å². The Morgan fingerprint density at radius 2 is 2.00 bits per heavy atom. The molecule has 128 valence electrons. The molecule has 1 aromatic heterocycles. The summed E-state index contributed by atoms with van der Waals surface area (Å²) in [7, 11) is 2.05. The molecule has 0 radical (unpaired) electrons. The normalized spacial score (nSPS) is 22.7. The van der Waals surface area contributed by atoms with E-state index < -0.39 is 0 Å². The molecular weight excluding hydrogens is 284 g/mol. The first-order valence-corrected chi connectivity index (χ1v) is 9.58. The number of likely N-dealkylation sites (N-methyl/N-ethyl adjacent to an activating group) is 1. The Hall–Kier alpha value is -1.16. The molecule has 3 rings (SSSR count). The van der Waals surface area contributed by atoms with Gasteiger partial charge in [0.2, 0.25) is 0 Å². The molecular formula is C19H32N4. The Labute approximate surface area is 141 Å². The lowest BCUT2D eigenvalue weighted by atomic mass is 9.85. The summed E-state index contributed by atoms with van der Waals surface area (Å²) in [5.74, 6) is 2.12. The largest absolute Gasteiger partial charge is 0.355 e. The van der Waals surface area contributed by atoms with E-state index in [1.54, 1.807) is 6.33 Å². The maximum atomic E-state index is 4.48. The van der Waals surface area contributed by atoms with Crippen LogP contribution in [0.15, 0.2) is 12.4 Å². The summed E-state index contributed by atoms with van der Waals surface area (Å²) >= 11 is 0. The first kappa shape index (κ1) is 16.7. The van der Waals surface area contributed by atoms with E-state index in [0.717, 1.165) is 31.2 Å². The zero-order valence-corrected chi connectivity index (χ0v) is 14.6. The molecule has 0 bridgehead atoms. The topological polar surface area (TPSA) is 41.0 Å². The van der Waals surface area contributed by atoms with Gasteiger partial charge in [-0.05, 0) is 32.2 Å². The SMILES string of the molecule is CN[C@@H]1CCN(c2cc(CCCCC3CCCCC3)ncn2)C1. The highest BCUT2D eigenvalue weighted by atomic mass is 15.2. The van der Waals surface area contributed by atoms with E-state index in [2.05, 4.69) is 26.3 Å². The van der Waals surface area contributed by atoms with Gasteiger partial charge in [0.1, 0.15) is 12.1 Å². The van der Waals surface area contributed by atoms with Crippen LogP contribution in [0.1, 0.15) is 63.5 Å². The number of aromatic nitrogens is 2. The van der Waals surface area contributed by atoms with Crippen molar-refractivity contribution in [3.63, 3.8) is 0 Å². The Balaban J connectivity index is 1.42. The lowest BCUT2D eigenvalue weighted by Crippen LogP contribution is -2.29. The molecule has 1 aromatic rings. The van der Waals surface area contributed by atoms with Crippen molar-refractivity contribution in [2.45, 2.75) is 70.3 Å². The Morgan fingerprint density at radius 1 is 1.13 bits per heavy atom. The third kappa shape index (κ3) is 4.90. The minimum Gasteiger partial charge on any atom is -0.355 e. The third-order valence-corrected chi connectivity index (χ3v) is 5.65. The van der Waals surface area contributed by atoms with Gasteiger partial charge in [-0.15, -0.1) is 0 Å². The number of hydrogen-bond acceptors (Lipinski definition) is 4. The molecule has 2 heterocycles. The van der Waals surface area contributed by atoms with Gasteiger partial charge >= 0.3 is 0 Å². The lowest BCUT2D eigenvalue weighted by Gasteiger charge is -2.21. The molecule has 0 amide bonds. The minimum atomic E-state index is 0.601. The van der Waals surface area contributed by atoms with Crippen molar-refractivity contribution in [3.05, 3.63) is 18.1 Å². The first-order valence-electron chi connectivity index (χ1n) is 9.58. The van der Waals surface area contributed by atoms with Gasteiger partial charge in [-0.1, -0.05) is 44.9 Å². The van der Waals surface area contributed by atoms with Crippen molar-refractivity contribution in [2.24, 2.45) is 5.92 Å². The summed E-state index contributed by atoms with van der Waals surface area (Å²) in [4.78, 5) is 11.3. The van der Waals surface area contributed by atoms with Gasteiger partial charge in [0.05, 0.1) is 0 Å². The van der Waals surface area contributed by atoms with E-state index >= 15 is 0 Å². The molecule has 4 nitrogen and oxygen atoms in total. The highest BCUT2D eigenvalue weighted by Crippen LogP contribution is 2.28. The van der Waals surface area contributed by atoms with Crippen LogP contribution in [0.2, 0.25) is 0 Å². The van der Waals surface area contributed by atoms with Crippen LogP contribution >= 0.6 is 0 Å². The molecule has 1 N–H and O–H groups in total. The van der Waals surface area contributed by atoms with E-state index in [-0.39, 0.29) is 0 Å². The molecule has 0 spiro atoms. The number of nitrogens with zero attached hydrogens (tertiary/aromatic N) is 3. The fourth-order valence-electron chi connectivity index (χ4n) is 4.11. The number of hydrogen-bond donors (Lipinski definition) is 1. The summed E-state index contributed by atoms with van der Waals surface area (Å²) in [5.41, 5.74) is 1.21. The number of nitrogens with one attached hydrogen (secondary N) is 1. The second-order valence-electron chi connectivity index (χ2n) is 7.34. The van der Waals surface area contributed by atoms with Crippen molar-refractivity contribution in [2.75, 3.05) is 25.0 Å². The Bertz CT molecular complexity index is 470. The minimum absolute atomic E-state index is 0.601. The quantitative estimate of drug-likeness (QED) is 0.781. The van der Waals surface area contributed by atoms with Crippen molar-refractivity contribution in [1.29, 1.82) is 0 Å². The predicted octanol–water partition coefficient (Wildman–Crippen LogP) is 3.57. The fraction of sp³-hybridized carbons (Fsp3) is 0.789. The molecule has 1 aliphatic carbocycles. The van der Waals surface area contributed by atoms with Crippen molar-refractivity contribution < 1.29 is 0 Å². The zero-order valence-electron chi connectivity index (χ0n) is 14.6. The molecule has 0 aromatic carbocycles. The molecule has 1 saturated carbocycles. The summed E-state index contributed by atoms with van der Waals surface area (Å²) in [6.45, 7) is 2.16. The zero-order chi connectivity index (χ0) is 15.9. The molecule has 2 aliphatic rings. The number of unbranched alkanes of at least 4 members (excludes halogenated alkanes) is 1. The average Bonchev–Trinajstić information content (AvgIpc) is 3.09. The van der Waals surface area contributed by atoms with Gasteiger partial charge in [0.25, 0.3) is 0 Å². The highest BCUT2D eigenvalue weighted by Gasteiger charge is 2.22. The number of anilines is 1. The fourth-order valence-corrected chi connectivity index (χ4v) is 4.11. The summed E-state index contributed by atoms with van der Waals surface area (Å²) in [6.07, 6.45) is 15.4. The van der Waals surface area contributed by atoms with Crippen molar-refractivity contribution in [3.8, 4) is 0 Å². The van der Waals surface area contributed by atoms with E-state index in [1.165, 1.54) is 63.5 Å². The van der Waals surface area contributed by atoms with Crippen LogP contribution in [0, 0.1) is 5.92 Å². The average molecular weight is 316 g/mol. The van der Waals surface area contributed by atoms with E-state index in [4.69, 9.17) is 0 Å². The van der Waals surface area contributed by atoms with Gasteiger partial charge in [-0.3, -0.25) is 0 Å². The van der Waals surface area contributed by atoms with Crippen molar-refractivity contribution >= 4 is 5.82 Å². The van der Waals surface area contributed by atoms with Crippen LogP contribution in [-0.2, 0) is 6.42 Å². The molecule has 2 fully saturated rings. The highest BCUT2D eigenvalue weighted by molar-refractivity contribution is 5.40. The van der Waals surface area contributed by atoms with Gasteiger partial charge in [0, 0.05) is 30.9 Å². The molecule has 23 heavy (non-hydrogen) atoms. The second-order valence-corrected chi connectivity index (χ2v) is 7.34. The molecule has 0 unspecified atom stereocenters. The van der Waals surface area contributed by atoms with Crippen LogP contribution < -0.4 is 10.2 Å². The molecule has 1 aliphatic heterocycles. The lowest BCUT2D eigenvalue weighted by molar-refractivity contribution is 0.329. The van der Waals surface area contributed by atoms with Crippen molar-refractivity contribution in [1.82, 2.24) is 15.3 Å². The van der Waals surface area contributed by atoms with Crippen LogP contribution in [0.5, 0.6) is 0 Å². The van der Waals surface area contributed by atoms with Gasteiger partial charge in [-0.25, -0.2) is 9.97 Å². The second kappa shape index (κ2) is 8.62. The first-order chi connectivity index (χ1) is 11.3. The van der Waals surface area contributed by atoms with Gasteiger partial charge < -0.3 is 10.2 Å². The number of rotatable bonds is 7. The van der Waals surface area contributed by atoms with Gasteiger partial charge in [-0.2, -0.15) is 0 Å². The third-order valence-electron chi connectivity index (χ3n) is 5.65. The molecule has 1 atom stereocenters. The predicted molar refractivity (Wildman–Crippen MR) is 95.8 cm³/mol. The van der Waals surface area contributed by atoms with Crippen LogP contribution in [-0.4, -0.2) is 36.1 Å². The Kier molecular flexibility index (Phi) is 6.26. The van der Waals surface area contributed by atoms with Crippen LogP contribution in [0.4, 0.5) is 5.82 Å². The Morgan fingerprint density at radius 3 is 2.78 bits per heavy atom.